The molecule has 1 aromatic heterocycles. The molecule has 116 valence electrons. The van der Waals surface area contributed by atoms with Gasteiger partial charge in [0.05, 0.1) is 11.0 Å². The van der Waals surface area contributed by atoms with E-state index in [2.05, 4.69) is 64.2 Å². The number of hydrogen-bond acceptors (Lipinski definition) is 3. The highest BCUT2D eigenvalue weighted by Crippen LogP contribution is 2.11. The van der Waals surface area contributed by atoms with Crippen molar-refractivity contribution in [2.24, 2.45) is 5.11 Å². The molecule has 0 atom stereocenters. The Morgan fingerprint density at radius 3 is 2.50 bits per heavy atom. The van der Waals surface area contributed by atoms with Crippen molar-refractivity contribution < 1.29 is 0 Å². The number of hydrogen-bond donors (Lipinski definition) is 0. The highest BCUT2D eigenvalue weighted by atomic mass is 28.3. The van der Waals surface area contributed by atoms with E-state index >= 15 is 0 Å². The van der Waals surface area contributed by atoms with Crippen molar-refractivity contribution in [3.63, 3.8) is 0 Å². The zero-order valence-corrected chi connectivity index (χ0v) is 14.4. The fraction of sp³-hybridized carbons (Fsp3) is 0.467. The molecule has 1 aromatic carbocycles. The highest BCUT2D eigenvalue weighted by Gasteiger charge is 2.20. The lowest BCUT2D eigenvalue weighted by Gasteiger charge is -2.09. The second kappa shape index (κ2) is 7.24. The first-order valence-corrected chi connectivity index (χ1v) is 11.0. The summed E-state index contributed by atoms with van der Waals surface area (Å²) in [6, 6.07) is 8.40. The number of nitrogens with zero attached hydrogens (tertiary/aromatic N) is 6. The molecule has 0 bridgehead atoms. The fourth-order valence-corrected chi connectivity index (χ4v) is 2.96. The lowest BCUT2D eigenvalue weighted by Crippen LogP contribution is -2.38. The molecular weight excluding hydrogens is 292 g/mol. The van der Waals surface area contributed by atoms with Gasteiger partial charge in [-0.05, 0) is 42.5 Å². The standard InChI is InChI=1S/C15H22N6Si/c1-22(2,3)15-12-21(20-18-15)14-9-7-13(8-10-14)6-4-5-11-17-19-16/h7-10,12H,4-6,11H2,1-3H3. The molecule has 0 N–H and O–H groups in total. The van der Waals surface area contributed by atoms with Gasteiger partial charge in [-0.25, -0.2) is 4.68 Å². The van der Waals surface area contributed by atoms with E-state index in [0.717, 1.165) is 30.3 Å². The molecule has 2 aromatic rings. The normalized spacial score (nSPS) is 11.2. The quantitative estimate of drug-likeness (QED) is 0.258. The molecule has 0 saturated heterocycles. The van der Waals surface area contributed by atoms with Gasteiger partial charge < -0.3 is 0 Å². The predicted molar refractivity (Wildman–Crippen MR) is 91.3 cm³/mol. The summed E-state index contributed by atoms with van der Waals surface area (Å²) in [5.74, 6) is 0. The number of benzene rings is 1. The third-order valence-corrected chi connectivity index (χ3v) is 5.27. The molecule has 0 aliphatic carbocycles. The summed E-state index contributed by atoms with van der Waals surface area (Å²) in [7, 11) is -1.41. The van der Waals surface area contributed by atoms with Gasteiger partial charge in [0.25, 0.3) is 0 Å². The first-order valence-electron chi connectivity index (χ1n) is 7.54. The molecule has 0 aliphatic rings. The van der Waals surface area contributed by atoms with Gasteiger partial charge >= 0.3 is 0 Å². The van der Waals surface area contributed by atoms with Gasteiger partial charge in [0, 0.05) is 17.7 Å². The van der Waals surface area contributed by atoms with Crippen LogP contribution in [-0.2, 0) is 6.42 Å². The molecule has 7 heteroatoms. The average Bonchev–Trinajstić information content (AvgIpc) is 2.98. The first-order chi connectivity index (χ1) is 10.5. The average molecular weight is 314 g/mol. The lowest BCUT2D eigenvalue weighted by molar-refractivity contribution is 0.741. The summed E-state index contributed by atoms with van der Waals surface area (Å²) >= 11 is 0. The van der Waals surface area contributed by atoms with Crippen LogP contribution in [0.2, 0.25) is 19.6 Å². The van der Waals surface area contributed by atoms with Crippen LogP contribution in [0.15, 0.2) is 35.6 Å². The van der Waals surface area contributed by atoms with Crippen LogP contribution in [0.3, 0.4) is 0 Å². The predicted octanol–water partition coefficient (Wildman–Crippen LogP) is 3.45. The van der Waals surface area contributed by atoms with Crippen LogP contribution in [0.5, 0.6) is 0 Å². The number of unbranched alkanes of at least 4 members (excludes halogenated alkanes) is 1. The molecule has 6 nitrogen and oxygen atoms in total. The van der Waals surface area contributed by atoms with Crippen LogP contribution in [0.4, 0.5) is 0 Å². The molecular formula is C15H22N6Si. The third-order valence-electron chi connectivity index (χ3n) is 3.50. The topological polar surface area (TPSA) is 79.5 Å². The maximum absolute atomic E-state index is 8.22. The Bertz CT molecular complexity index is 649. The van der Waals surface area contributed by atoms with Crippen molar-refractivity contribution in [1.82, 2.24) is 15.0 Å². The Hall–Kier alpha value is -2.11. The van der Waals surface area contributed by atoms with Crippen LogP contribution in [-0.4, -0.2) is 29.6 Å². The third kappa shape index (κ3) is 4.44. The number of rotatable bonds is 7. The van der Waals surface area contributed by atoms with Crippen molar-refractivity contribution in [1.29, 1.82) is 0 Å². The second-order valence-corrected chi connectivity index (χ2v) is 11.4. The summed E-state index contributed by atoms with van der Waals surface area (Å²) in [5, 5.41) is 13.2. The van der Waals surface area contributed by atoms with E-state index in [-0.39, 0.29) is 0 Å². The minimum absolute atomic E-state index is 0.576. The largest absolute Gasteiger partial charge is 0.221 e. The van der Waals surface area contributed by atoms with Crippen LogP contribution in [0, 0.1) is 0 Å². The van der Waals surface area contributed by atoms with E-state index in [4.69, 9.17) is 5.53 Å². The van der Waals surface area contributed by atoms with E-state index in [1.165, 1.54) is 5.56 Å². The summed E-state index contributed by atoms with van der Waals surface area (Å²) in [6.45, 7) is 7.37. The number of aromatic nitrogens is 3. The SMILES string of the molecule is C[Si](C)(C)c1cn(-c2ccc(CCCCN=[N+]=[N-])cc2)nn1. The van der Waals surface area contributed by atoms with E-state index < -0.39 is 8.07 Å². The van der Waals surface area contributed by atoms with Gasteiger partial charge in [-0.2, -0.15) is 0 Å². The Morgan fingerprint density at radius 1 is 1.18 bits per heavy atom. The molecule has 0 fully saturated rings. The fourth-order valence-electron chi connectivity index (χ4n) is 2.11. The molecule has 0 aliphatic heterocycles. The Kier molecular flexibility index (Phi) is 5.35. The molecule has 0 amide bonds. The lowest BCUT2D eigenvalue weighted by atomic mass is 10.1. The Balaban J connectivity index is 1.97. The van der Waals surface area contributed by atoms with Crippen LogP contribution >= 0.6 is 0 Å². The van der Waals surface area contributed by atoms with Gasteiger partial charge in [0.1, 0.15) is 8.07 Å². The van der Waals surface area contributed by atoms with Gasteiger partial charge in [-0.1, -0.05) is 42.1 Å². The first kappa shape index (κ1) is 16.3. The van der Waals surface area contributed by atoms with E-state index in [1.54, 1.807) is 0 Å². The molecule has 1 heterocycles. The van der Waals surface area contributed by atoms with Crippen molar-refractivity contribution in [3.05, 3.63) is 46.5 Å². The van der Waals surface area contributed by atoms with Gasteiger partial charge in [0.15, 0.2) is 0 Å². The van der Waals surface area contributed by atoms with Crippen molar-refractivity contribution in [2.75, 3.05) is 6.54 Å². The van der Waals surface area contributed by atoms with Gasteiger partial charge in [-0.3, -0.25) is 0 Å². The Morgan fingerprint density at radius 2 is 1.91 bits per heavy atom. The van der Waals surface area contributed by atoms with Crippen LogP contribution in [0.1, 0.15) is 18.4 Å². The minimum atomic E-state index is -1.41. The van der Waals surface area contributed by atoms with Crippen molar-refractivity contribution in [3.8, 4) is 5.69 Å². The van der Waals surface area contributed by atoms with Crippen molar-refractivity contribution in [2.45, 2.75) is 38.9 Å². The van der Waals surface area contributed by atoms with E-state index in [1.807, 2.05) is 10.9 Å². The van der Waals surface area contributed by atoms with E-state index in [9.17, 15) is 0 Å². The Labute approximate surface area is 131 Å². The summed E-state index contributed by atoms with van der Waals surface area (Å²) in [4.78, 5) is 2.76. The zero-order chi connectivity index (χ0) is 16.0. The maximum atomic E-state index is 8.22. The molecule has 0 unspecified atom stereocenters. The monoisotopic (exact) mass is 314 g/mol. The molecule has 22 heavy (non-hydrogen) atoms. The zero-order valence-electron chi connectivity index (χ0n) is 13.4. The van der Waals surface area contributed by atoms with Gasteiger partial charge in [-0.15, -0.1) is 5.10 Å². The number of azide groups is 1. The maximum Gasteiger partial charge on any atom is 0.106 e. The van der Waals surface area contributed by atoms with Gasteiger partial charge in [0.2, 0.25) is 0 Å². The van der Waals surface area contributed by atoms with E-state index in [0.29, 0.717) is 6.54 Å². The molecule has 0 radical (unpaired) electrons. The molecule has 2 rings (SSSR count). The molecule has 0 saturated carbocycles. The van der Waals surface area contributed by atoms with Crippen LogP contribution < -0.4 is 5.32 Å². The van der Waals surface area contributed by atoms with Crippen LogP contribution in [0.25, 0.3) is 16.1 Å². The second-order valence-electron chi connectivity index (χ2n) is 6.38. The molecule has 0 spiro atoms. The smallest absolute Gasteiger partial charge is 0.106 e. The summed E-state index contributed by atoms with van der Waals surface area (Å²) < 4.78 is 1.85. The summed E-state index contributed by atoms with van der Waals surface area (Å²) in [5.41, 5.74) is 10.5. The summed E-state index contributed by atoms with van der Waals surface area (Å²) in [6.07, 6.45) is 5.00. The van der Waals surface area contributed by atoms with Crippen molar-refractivity contribution >= 4 is 13.4 Å². The number of aryl methyl sites for hydroxylation is 1. The highest BCUT2D eigenvalue weighted by molar-refractivity contribution is 6.88. The minimum Gasteiger partial charge on any atom is -0.221 e.